The molecular weight excluding hydrogens is 622 g/mol. The third kappa shape index (κ3) is 8.91. The Morgan fingerprint density at radius 2 is 1.73 bits per heavy atom. The number of halogens is 1. The molecule has 1 saturated carbocycles. The maximum atomic E-state index is 13.5. The molecule has 1 fully saturated rings. The van der Waals surface area contributed by atoms with Crippen molar-refractivity contribution >= 4 is 58.5 Å². The number of anilines is 1. The second kappa shape index (κ2) is 14.1. The van der Waals surface area contributed by atoms with Gasteiger partial charge in [0.2, 0.25) is 5.91 Å². The minimum absolute atomic E-state index is 0.0737. The number of likely N-dealkylation sites (N-methyl/N-ethyl adjacent to an activating group) is 1. The summed E-state index contributed by atoms with van der Waals surface area (Å²) in [6.45, 7) is 5.46. The second-order valence-corrected chi connectivity index (χ2v) is 14.1. The highest BCUT2D eigenvalue weighted by molar-refractivity contribution is 7.13. The fourth-order valence-corrected chi connectivity index (χ4v) is 6.64. The van der Waals surface area contributed by atoms with Crippen LogP contribution in [0, 0.1) is 5.92 Å². The van der Waals surface area contributed by atoms with E-state index in [9.17, 15) is 24.0 Å². The molecule has 0 spiro atoms. The molecule has 2 aliphatic carbocycles. The number of amides is 5. The number of aromatic nitrogens is 2. The first-order chi connectivity index (χ1) is 21.1. The summed E-state index contributed by atoms with van der Waals surface area (Å²) in [4.78, 5) is 76.9. The lowest BCUT2D eigenvalue weighted by Crippen LogP contribution is -2.57. The number of ether oxygens (including phenoxy) is 1. The summed E-state index contributed by atoms with van der Waals surface area (Å²) >= 11 is 7.10. The molecule has 0 radical (unpaired) electrons. The predicted molar refractivity (Wildman–Crippen MR) is 169 cm³/mol. The highest BCUT2D eigenvalue weighted by Crippen LogP contribution is 2.31. The lowest BCUT2D eigenvalue weighted by molar-refractivity contribution is -0.137. The van der Waals surface area contributed by atoms with Crippen LogP contribution >= 0.6 is 22.9 Å². The maximum Gasteiger partial charge on any atom is 0.410 e. The Morgan fingerprint density at radius 3 is 2.38 bits per heavy atom. The lowest BCUT2D eigenvalue weighted by Gasteiger charge is -2.37. The third-order valence-electron chi connectivity index (χ3n) is 7.79. The van der Waals surface area contributed by atoms with Gasteiger partial charge in [0, 0.05) is 56.6 Å². The average molecular weight is 662 g/mol. The number of nitrogens with one attached hydrogen (secondary N) is 3. The average Bonchev–Trinajstić information content (AvgIpc) is 3.41. The molecule has 13 nitrogen and oxygen atoms in total. The normalized spacial score (nSPS) is 21.1. The molecule has 0 aliphatic heterocycles. The molecule has 15 heteroatoms. The third-order valence-corrected chi connectivity index (χ3v) is 9.13. The van der Waals surface area contributed by atoms with Gasteiger partial charge < -0.3 is 30.5 Å². The van der Waals surface area contributed by atoms with Gasteiger partial charge in [0.1, 0.15) is 11.4 Å². The number of hydrogen-bond donors (Lipinski definition) is 3. The van der Waals surface area contributed by atoms with E-state index in [1.807, 2.05) is 20.8 Å². The number of aryl methyl sites for hydroxylation is 1. The highest BCUT2D eigenvalue weighted by Gasteiger charge is 2.38. The van der Waals surface area contributed by atoms with Crippen molar-refractivity contribution in [2.45, 2.75) is 83.0 Å². The van der Waals surface area contributed by atoms with Gasteiger partial charge in [0.05, 0.1) is 16.8 Å². The molecule has 45 heavy (non-hydrogen) atoms. The van der Waals surface area contributed by atoms with Crippen molar-refractivity contribution in [1.82, 2.24) is 30.4 Å². The van der Waals surface area contributed by atoms with Crippen molar-refractivity contribution in [2.24, 2.45) is 5.92 Å². The molecule has 0 aromatic carbocycles. The van der Waals surface area contributed by atoms with Crippen molar-refractivity contribution in [3.63, 3.8) is 0 Å². The Hall–Kier alpha value is -3.78. The Balaban J connectivity index is 1.44. The zero-order chi connectivity index (χ0) is 33.1. The number of carbonyl (C=O) groups is 5. The topological polar surface area (TPSA) is 163 Å². The first-order valence-corrected chi connectivity index (χ1v) is 16.0. The zero-order valence-corrected chi connectivity index (χ0v) is 27.9. The van der Waals surface area contributed by atoms with E-state index in [1.54, 1.807) is 26.0 Å². The summed E-state index contributed by atoms with van der Waals surface area (Å²) in [6, 6.07) is 1.69. The molecule has 3 unspecified atom stereocenters. The van der Waals surface area contributed by atoms with Crippen molar-refractivity contribution in [2.75, 3.05) is 26.5 Å². The summed E-state index contributed by atoms with van der Waals surface area (Å²) in [5.74, 6) is -2.51. The number of nitrogens with zero attached hydrogens (tertiary/aromatic N) is 4. The van der Waals surface area contributed by atoms with E-state index in [0.717, 1.165) is 10.6 Å². The lowest BCUT2D eigenvalue weighted by atomic mass is 9.81. The number of pyridine rings is 1. The Labute approximate surface area is 271 Å². The molecule has 2 heterocycles. The van der Waals surface area contributed by atoms with E-state index >= 15 is 0 Å². The largest absolute Gasteiger partial charge is 0.444 e. The van der Waals surface area contributed by atoms with Crippen LogP contribution in [-0.4, -0.2) is 94.4 Å². The number of rotatable bonds is 6. The van der Waals surface area contributed by atoms with Gasteiger partial charge >= 0.3 is 17.9 Å². The smallest absolute Gasteiger partial charge is 0.410 e. The van der Waals surface area contributed by atoms with E-state index in [0.29, 0.717) is 37.1 Å². The van der Waals surface area contributed by atoms with Crippen LogP contribution in [0.4, 0.5) is 10.6 Å². The summed E-state index contributed by atoms with van der Waals surface area (Å²) in [5, 5.41) is 8.78. The SMILES string of the molecule is CN(C)C(=O)C1CCC(NC(=O)C(=O)Nc2ccc(Cl)cn2)[C@H](NC(=O)c2nc3c(s2)CC(N(C)C(=O)OC(C)(C)C)CC3)C1. The number of thiazole rings is 1. The van der Waals surface area contributed by atoms with Gasteiger partial charge in [-0.25, -0.2) is 14.8 Å². The van der Waals surface area contributed by atoms with Gasteiger partial charge in [-0.2, -0.15) is 0 Å². The van der Waals surface area contributed by atoms with E-state index in [4.69, 9.17) is 16.3 Å². The molecule has 0 bridgehead atoms. The molecule has 2 aromatic heterocycles. The molecule has 2 aliphatic rings. The summed E-state index contributed by atoms with van der Waals surface area (Å²) in [6.07, 6.45) is 3.93. The molecule has 3 N–H and O–H groups in total. The van der Waals surface area contributed by atoms with Gasteiger partial charge in [-0.05, 0) is 65.0 Å². The van der Waals surface area contributed by atoms with Crippen molar-refractivity contribution in [1.29, 1.82) is 0 Å². The van der Waals surface area contributed by atoms with E-state index < -0.39 is 41.5 Å². The minimum Gasteiger partial charge on any atom is -0.444 e. The van der Waals surface area contributed by atoms with Gasteiger partial charge in [-0.1, -0.05) is 11.6 Å². The van der Waals surface area contributed by atoms with Gasteiger partial charge in [-0.15, -0.1) is 11.3 Å². The number of hydrogen-bond acceptors (Lipinski definition) is 9. The van der Waals surface area contributed by atoms with E-state index in [2.05, 4.69) is 25.9 Å². The predicted octanol–water partition coefficient (Wildman–Crippen LogP) is 3.03. The van der Waals surface area contributed by atoms with Crippen LogP contribution in [0.3, 0.4) is 0 Å². The Morgan fingerprint density at radius 1 is 1.00 bits per heavy atom. The van der Waals surface area contributed by atoms with Gasteiger partial charge in [-0.3, -0.25) is 19.2 Å². The quantitative estimate of drug-likeness (QED) is 0.398. The maximum absolute atomic E-state index is 13.5. The van der Waals surface area contributed by atoms with E-state index in [1.165, 1.54) is 34.6 Å². The molecule has 5 amide bonds. The Kier molecular flexibility index (Phi) is 10.7. The van der Waals surface area contributed by atoms with Crippen molar-refractivity contribution in [3.8, 4) is 0 Å². The van der Waals surface area contributed by atoms with Crippen molar-refractivity contribution in [3.05, 3.63) is 38.9 Å². The van der Waals surface area contributed by atoms with Crippen molar-refractivity contribution < 1.29 is 28.7 Å². The first-order valence-electron chi connectivity index (χ1n) is 14.8. The standard InChI is InChI=1S/C30H40ClN7O6S/c1-30(2,3)44-29(43)38(6)18-9-11-20-22(14-18)45-27(35-20)26(41)34-21-13-16(28(42)37(4)5)7-10-19(21)33-24(39)25(40)36-23-12-8-17(31)15-32-23/h8,12,15-16,18-19,21H,7,9-11,13-14H2,1-6H3,(H,33,39)(H,34,41)(H,32,36,40)/t16?,18?,19?,21-/m1/s1. The number of fused-ring (bicyclic) bond motifs is 1. The Bertz CT molecular complexity index is 1440. The molecule has 2 aromatic rings. The monoisotopic (exact) mass is 661 g/mol. The second-order valence-electron chi connectivity index (χ2n) is 12.6. The van der Waals surface area contributed by atoms with Crippen LogP contribution in [0.15, 0.2) is 18.3 Å². The highest BCUT2D eigenvalue weighted by atomic mass is 35.5. The van der Waals surface area contributed by atoms with Crippen LogP contribution in [0.5, 0.6) is 0 Å². The van der Waals surface area contributed by atoms with Gasteiger partial charge in [0.25, 0.3) is 5.91 Å². The summed E-state index contributed by atoms with van der Waals surface area (Å²) < 4.78 is 5.52. The molecular formula is C30H40ClN7O6S. The van der Waals surface area contributed by atoms with Crippen LogP contribution in [0.1, 0.15) is 66.8 Å². The zero-order valence-electron chi connectivity index (χ0n) is 26.3. The number of carbonyl (C=O) groups excluding carboxylic acids is 5. The van der Waals surface area contributed by atoms with Crippen LogP contribution in [0.25, 0.3) is 0 Å². The molecule has 244 valence electrons. The van der Waals surface area contributed by atoms with Crippen LogP contribution in [-0.2, 0) is 32.0 Å². The fraction of sp³-hybridized carbons (Fsp3) is 0.567. The summed E-state index contributed by atoms with van der Waals surface area (Å²) in [7, 11) is 5.06. The molecule has 4 rings (SSSR count). The fourth-order valence-electron chi connectivity index (χ4n) is 5.45. The first kappa shape index (κ1) is 34.1. The summed E-state index contributed by atoms with van der Waals surface area (Å²) in [5.41, 5.74) is 0.214. The van der Waals surface area contributed by atoms with Crippen LogP contribution in [0.2, 0.25) is 5.02 Å². The van der Waals surface area contributed by atoms with E-state index in [-0.39, 0.29) is 35.1 Å². The van der Waals surface area contributed by atoms with Crippen LogP contribution < -0.4 is 16.0 Å². The van der Waals surface area contributed by atoms with Gasteiger partial charge in [0.15, 0.2) is 5.01 Å². The minimum atomic E-state index is -0.917. The molecule has 0 saturated heterocycles. The molecule has 4 atom stereocenters.